The van der Waals surface area contributed by atoms with Crippen LogP contribution in [0.5, 0.6) is 0 Å². The third-order valence-corrected chi connectivity index (χ3v) is 6.89. The van der Waals surface area contributed by atoms with E-state index in [9.17, 15) is 0 Å². The minimum Gasteiger partial charge on any atom is -0.907 e. The molecule has 0 spiro atoms. The second-order valence-electron chi connectivity index (χ2n) is 9.65. The summed E-state index contributed by atoms with van der Waals surface area (Å²) in [6.45, 7) is 24.2. The molecule has 0 aliphatic heterocycles. The zero-order chi connectivity index (χ0) is 30.0. The van der Waals surface area contributed by atoms with Crippen molar-refractivity contribution >= 4 is 7.32 Å². The van der Waals surface area contributed by atoms with Gasteiger partial charge in [-0.05, 0) is 41.5 Å². The fourth-order valence-corrected chi connectivity index (χ4v) is 4.15. The van der Waals surface area contributed by atoms with E-state index in [1.54, 1.807) is 14.7 Å². The first kappa shape index (κ1) is 37.5. The number of hydrogen-bond acceptors (Lipinski definition) is 3. The van der Waals surface area contributed by atoms with Gasteiger partial charge in [0.2, 0.25) is 0 Å². The van der Waals surface area contributed by atoms with E-state index in [1.807, 2.05) is 0 Å². The molecule has 0 radical (unpaired) electrons. The van der Waals surface area contributed by atoms with E-state index in [2.05, 4.69) is 133 Å². The molecule has 40 heavy (non-hydrogen) atoms. The summed E-state index contributed by atoms with van der Waals surface area (Å²) in [6.07, 6.45) is 0. The molecule has 222 valence electrons. The van der Waals surface area contributed by atoms with Crippen LogP contribution in [-0.4, -0.2) is 46.6 Å². The van der Waals surface area contributed by atoms with Gasteiger partial charge in [-0.1, -0.05) is 91.0 Å². The summed E-state index contributed by atoms with van der Waals surface area (Å²) in [4.78, 5) is 4.92. The van der Waals surface area contributed by atoms with E-state index in [0.717, 1.165) is 19.6 Å². The van der Waals surface area contributed by atoms with Gasteiger partial charge in [0.05, 0.1) is 39.3 Å². The van der Waals surface area contributed by atoms with Crippen molar-refractivity contribution in [1.82, 2.24) is 0 Å². The van der Waals surface area contributed by atoms with Gasteiger partial charge < -0.3 is 29.8 Å². The Morgan fingerprint density at radius 1 is 0.400 bits per heavy atom. The first-order valence-electron chi connectivity index (χ1n) is 14.9. The van der Waals surface area contributed by atoms with Crippen molar-refractivity contribution in [3.8, 4) is 0 Å². The van der Waals surface area contributed by atoms with Crippen LogP contribution in [0.4, 0.5) is 0 Å². The van der Waals surface area contributed by atoms with Gasteiger partial charge in [-0.3, -0.25) is 7.32 Å². The summed E-state index contributed by atoms with van der Waals surface area (Å²) in [6, 6.07) is 32.1. The first-order valence-corrected chi connectivity index (χ1v) is 14.9. The SMILES string of the molecule is CC[NH+](CC)Cc1ccccc1.CC[NH+](CC)Cc1ccccc1.CC[NH+](CC)Cc1ccccc1.[O-]B([O-])[O-]. The number of hydrogen-bond donors (Lipinski definition) is 3. The minimum atomic E-state index is -2.92. The Kier molecular flexibility index (Phi) is 23.9. The second-order valence-corrected chi connectivity index (χ2v) is 9.65. The van der Waals surface area contributed by atoms with Crippen molar-refractivity contribution in [1.29, 1.82) is 0 Å². The van der Waals surface area contributed by atoms with Crippen LogP contribution in [0.2, 0.25) is 0 Å². The van der Waals surface area contributed by atoms with E-state index >= 15 is 0 Å². The molecule has 3 N–H and O–H groups in total. The van der Waals surface area contributed by atoms with Gasteiger partial charge in [0, 0.05) is 16.7 Å². The number of quaternary nitrogens is 3. The van der Waals surface area contributed by atoms with Crippen LogP contribution in [0.3, 0.4) is 0 Å². The number of rotatable bonds is 12. The van der Waals surface area contributed by atoms with Gasteiger partial charge in [-0.25, -0.2) is 0 Å². The van der Waals surface area contributed by atoms with Crippen molar-refractivity contribution < 1.29 is 29.8 Å². The zero-order valence-corrected chi connectivity index (χ0v) is 25.8. The number of benzene rings is 3. The lowest BCUT2D eigenvalue weighted by molar-refractivity contribution is -0.910. The molecule has 0 amide bonds. The molecule has 3 rings (SSSR count). The summed E-state index contributed by atoms with van der Waals surface area (Å²) < 4.78 is 0. The summed E-state index contributed by atoms with van der Waals surface area (Å²) in [7, 11) is -2.92. The van der Waals surface area contributed by atoms with Gasteiger partial charge in [-0.2, -0.15) is 0 Å². The van der Waals surface area contributed by atoms with Crippen molar-refractivity contribution in [3.05, 3.63) is 108 Å². The molecule has 3 aromatic carbocycles. The summed E-state index contributed by atoms with van der Waals surface area (Å²) >= 11 is 0. The average molecular weight is 552 g/mol. The Labute approximate surface area is 245 Å². The lowest BCUT2D eigenvalue weighted by Gasteiger charge is -2.35. The maximum Gasteiger partial charge on any atom is 0.103 e. The summed E-state index contributed by atoms with van der Waals surface area (Å²) in [5, 5.41) is 25.2. The quantitative estimate of drug-likeness (QED) is 0.263. The Balaban J connectivity index is 0.000000534. The Hall–Kier alpha value is -2.52. The topological polar surface area (TPSA) is 82.5 Å². The van der Waals surface area contributed by atoms with Crippen molar-refractivity contribution in [2.45, 2.75) is 61.2 Å². The van der Waals surface area contributed by atoms with E-state index in [4.69, 9.17) is 15.1 Å². The molecule has 7 heteroatoms. The molecular weight excluding hydrogens is 497 g/mol. The fourth-order valence-electron chi connectivity index (χ4n) is 4.15. The van der Waals surface area contributed by atoms with Crippen LogP contribution in [0.25, 0.3) is 0 Å². The highest BCUT2D eigenvalue weighted by Crippen LogP contribution is 1.96. The molecular formula is C33H54BN3O3. The van der Waals surface area contributed by atoms with Crippen LogP contribution in [0.1, 0.15) is 58.2 Å². The average Bonchev–Trinajstić information content (AvgIpc) is 2.99. The zero-order valence-electron chi connectivity index (χ0n) is 25.8. The predicted molar refractivity (Wildman–Crippen MR) is 162 cm³/mol. The Bertz CT molecular complexity index is 786. The van der Waals surface area contributed by atoms with Crippen molar-refractivity contribution in [3.63, 3.8) is 0 Å². The third kappa shape index (κ3) is 20.4. The molecule has 0 saturated heterocycles. The molecule has 6 nitrogen and oxygen atoms in total. The van der Waals surface area contributed by atoms with Crippen LogP contribution in [-0.2, 0) is 19.6 Å². The van der Waals surface area contributed by atoms with Crippen LogP contribution in [0.15, 0.2) is 91.0 Å². The molecule has 0 heterocycles. The monoisotopic (exact) mass is 551 g/mol. The Morgan fingerprint density at radius 3 is 0.725 bits per heavy atom. The minimum absolute atomic E-state index is 1.16. The van der Waals surface area contributed by atoms with Gasteiger partial charge in [-0.15, -0.1) is 0 Å². The molecule has 0 aliphatic carbocycles. The Morgan fingerprint density at radius 2 is 0.575 bits per heavy atom. The summed E-state index contributed by atoms with van der Waals surface area (Å²) in [5.74, 6) is 0. The highest BCUT2D eigenvalue weighted by atomic mass is 16.5. The molecule has 3 aromatic rings. The van der Waals surface area contributed by atoms with Gasteiger partial charge >= 0.3 is 0 Å². The highest BCUT2D eigenvalue weighted by molar-refractivity contribution is 6.24. The maximum atomic E-state index is 8.42. The highest BCUT2D eigenvalue weighted by Gasteiger charge is 2.03. The third-order valence-electron chi connectivity index (χ3n) is 6.89. The van der Waals surface area contributed by atoms with Gasteiger partial charge in [0.25, 0.3) is 0 Å². The molecule has 0 bridgehead atoms. The molecule has 0 atom stereocenters. The lowest BCUT2D eigenvalue weighted by atomic mass is 10.2. The maximum absolute atomic E-state index is 8.42. The predicted octanol–water partition coefficient (Wildman–Crippen LogP) is -0.614. The molecule has 0 saturated carbocycles. The standard InChI is InChI=1S/3C11H17N.BO3/c3*1-3-12(4-2)10-11-8-6-5-7-9-11;2-1(3)4/h3*5-9H,3-4,10H2,1-2H3;/q;;;-3/p+3. The van der Waals surface area contributed by atoms with E-state index in [-0.39, 0.29) is 0 Å². The van der Waals surface area contributed by atoms with Crippen molar-refractivity contribution in [2.75, 3.05) is 39.3 Å². The van der Waals surface area contributed by atoms with Crippen molar-refractivity contribution in [2.24, 2.45) is 0 Å². The molecule has 0 aromatic heterocycles. The van der Waals surface area contributed by atoms with Crippen LogP contribution >= 0.6 is 0 Å². The molecule has 0 unspecified atom stereocenters. The fraction of sp³-hybridized carbons (Fsp3) is 0.455. The smallest absolute Gasteiger partial charge is 0.103 e. The molecule has 0 aliphatic rings. The van der Waals surface area contributed by atoms with E-state index < -0.39 is 7.32 Å². The van der Waals surface area contributed by atoms with Crippen LogP contribution < -0.4 is 29.8 Å². The summed E-state index contributed by atoms with van der Waals surface area (Å²) in [5.41, 5.74) is 4.32. The van der Waals surface area contributed by atoms with E-state index in [0.29, 0.717) is 0 Å². The largest absolute Gasteiger partial charge is 0.907 e. The first-order chi connectivity index (χ1) is 19.3. The van der Waals surface area contributed by atoms with Gasteiger partial charge in [0.1, 0.15) is 19.6 Å². The number of nitrogens with one attached hydrogen (secondary N) is 3. The van der Waals surface area contributed by atoms with E-state index in [1.165, 1.54) is 56.0 Å². The second kappa shape index (κ2) is 25.5. The van der Waals surface area contributed by atoms with Gasteiger partial charge in [0.15, 0.2) is 0 Å². The molecule has 0 fully saturated rings. The van der Waals surface area contributed by atoms with Crippen LogP contribution in [0, 0.1) is 0 Å². The lowest BCUT2D eigenvalue weighted by Crippen LogP contribution is -3.10. The normalized spacial score (nSPS) is 10.2.